The van der Waals surface area contributed by atoms with E-state index in [1.165, 1.54) is 6.92 Å². The summed E-state index contributed by atoms with van der Waals surface area (Å²) in [6, 6.07) is 16.9. The second-order valence-corrected chi connectivity index (χ2v) is 17.3. The first kappa shape index (κ1) is 45.1. The monoisotopic (exact) mass is 879 g/mol. The largest absolute Gasteiger partial charge is 0.497 e. The molecule has 0 radical (unpaired) electrons. The van der Waals surface area contributed by atoms with Crippen molar-refractivity contribution >= 4 is 34.6 Å². The fraction of sp³-hybridized carbons (Fsp3) is 0.480. The van der Waals surface area contributed by atoms with Crippen LogP contribution in [0.5, 0.6) is 17.5 Å². The molecule has 3 aliphatic heterocycles. The zero-order chi connectivity index (χ0) is 45.0. The van der Waals surface area contributed by atoms with Gasteiger partial charge in [0.05, 0.1) is 54.6 Å². The highest BCUT2D eigenvalue weighted by atomic mass is 19.4. The van der Waals surface area contributed by atoms with E-state index in [1.807, 2.05) is 80.3 Å². The van der Waals surface area contributed by atoms with Crippen LogP contribution in [0.25, 0.3) is 17.2 Å². The third-order valence-corrected chi connectivity index (χ3v) is 13.1. The number of rotatable bonds is 14. The first-order chi connectivity index (χ1) is 30.9. The Bertz CT molecular complexity index is 2310. The van der Waals surface area contributed by atoms with Gasteiger partial charge in [0, 0.05) is 50.0 Å². The average Bonchev–Trinajstić information content (AvgIpc) is 3.77. The SMILES string of the molecule is C/C=C1\C(=NC(C)CC)C(c2nc(N(Cc3ccc(OC)cc3)Cc3ccc(OC)cc3)cc(C)c2C(F)(F)F)=Cc2nc(OCC34CCCN3CCC4)nc(N3CCCOCC3)c21. The lowest BCUT2D eigenvalue weighted by Gasteiger charge is -2.32. The minimum absolute atomic E-state index is 0.0486. The molecule has 0 bridgehead atoms. The quantitative estimate of drug-likeness (QED) is 0.122. The summed E-state index contributed by atoms with van der Waals surface area (Å²) in [5.41, 5.74) is 3.34. The zero-order valence-electron chi connectivity index (χ0n) is 37.9. The van der Waals surface area contributed by atoms with Crippen LogP contribution >= 0.6 is 0 Å². The van der Waals surface area contributed by atoms with E-state index in [2.05, 4.69) is 9.80 Å². The number of anilines is 2. The molecule has 3 saturated heterocycles. The van der Waals surface area contributed by atoms with Crippen molar-refractivity contribution in [3.8, 4) is 17.5 Å². The van der Waals surface area contributed by atoms with E-state index < -0.39 is 11.7 Å². The molecular formula is C50H60F3N7O4. The number of aliphatic imine (C=N–C) groups is 1. The standard InChI is InChI=1S/C50H60F3N7O4/c1-7-34(4)54-45-39(8-2)43-41(55-48(57-47(43)58-22-11-26-63-27-25-58)64-32-49-20-9-23-60(49)24-10-21-49)29-40(45)46-44(50(51,52)53)33(3)28-42(56-46)59(30-35-12-16-37(61-5)17-13-35)31-36-14-18-38(62-6)19-15-36/h8,12-19,28-29,34H,7,9-11,20-27,30-32H2,1-6H3/b39-8-,54-45?. The predicted octanol–water partition coefficient (Wildman–Crippen LogP) is 9.85. The van der Waals surface area contributed by atoms with E-state index in [0.29, 0.717) is 98.1 Å². The molecule has 340 valence electrons. The van der Waals surface area contributed by atoms with E-state index in [0.717, 1.165) is 56.3 Å². The van der Waals surface area contributed by atoms with Gasteiger partial charge in [0.2, 0.25) is 0 Å². The van der Waals surface area contributed by atoms with Gasteiger partial charge in [-0.15, -0.1) is 0 Å². The number of aromatic nitrogens is 3. The summed E-state index contributed by atoms with van der Waals surface area (Å²) in [5, 5.41) is 0. The van der Waals surface area contributed by atoms with Gasteiger partial charge in [-0.05, 0) is 125 Å². The Labute approximate surface area is 375 Å². The summed E-state index contributed by atoms with van der Waals surface area (Å²) >= 11 is 0. The van der Waals surface area contributed by atoms with Crippen LogP contribution in [-0.2, 0) is 24.0 Å². The fourth-order valence-corrected chi connectivity index (χ4v) is 9.59. The van der Waals surface area contributed by atoms with Gasteiger partial charge < -0.3 is 28.7 Å². The van der Waals surface area contributed by atoms with E-state index in [1.54, 1.807) is 26.4 Å². The van der Waals surface area contributed by atoms with Crippen molar-refractivity contribution < 1.29 is 32.1 Å². The molecule has 4 aliphatic rings. The second kappa shape index (κ2) is 19.3. The molecule has 64 heavy (non-hydrogen) atoms. The summed E-state index contributed by atoms with van der Waals surface area (Å²) in [4.78, 5) is 27.2. The lowest BCUT2D eigenvalue weighted by atomic mass is 9.84. The van der Waals surface area contributed by atoms with Gasteiger partial charge in [0.15, 0.2) is 0 Å². The van der Waals surface area contributed by atoms with Crippen molar-refractivity contribution in [2.24, 2.45) is 4.99 Å². The number of hydrogen-bond acceptors (Lipinski definition) is 11. The maximum atomic E-state index is 15.7. The van der Waals surface area contributed by atoms with Gasteiger partial charge in [-0.25, -0.2) is 4.98 Å². The number of benzene rings is 2. The molecule has 3 fully saturated rings. The predicted molar refractivity (Wildman–Crippen MR) is 247 cm³/mol. The summed E-state index contributed by atoms with van der Waals surface area (Å²) in [5.74, 6) is 2.46. The summed E-state index contributed by atoms with van der Waals surface area (Å²) in [6.07, 6.45) is 4.72. The van der Waals surface area contributed by atoms with Crippen molar-refractivity contribution in [3.63, 3.8) is 0 Å². The van der Waals surface area contributed by atoms with Crippen molar-refractivity contribution in [2.75, 3.05) is 70.0 Å². The van der Waals surface area contributed by atoms with Gasteiger partial charge >= 0.3 is 12.2 Å². The van der Waals surface area contributed by atoms with Gasteiger partial charge in [-0.2, -0.15) is 23.1 Å². The number of pyridine rings is 1. The normalized spacial score (nSPS) is 19.3. The third kappa shape index (κ3) is 9.49. The molecule has 1 aliphatic carbocycles. The molecule has 0 N–H and O–H groups in total. The molecule has 0 spiro atoms. The number of fused-ring (bicyclic) bond motifs is 2. The number of nitrogens with zero attached hydrogens (tertiary/aromatic N) is 7. The Morgan fingerprint density at radius 2 is 1.55 bits per heavy atom. The molecule has 8 rings (SSSR count). The van der Waals surface area contributed by atoms with Crippen LogP contribution in [-0.4, -0.2) is 97.4 Å². The Morgan fingerprint density at radius 3 is 2.14 bits per heavy atom. The van der Waals surface area contributed by atoms with Crippen molar-refractivity contribution in [2.45, 2.75) is 97.1 Å². The van der Waals surface area contributed by atoms with Crippen LogP contribution in [0.2, 0.25) is 0 Å². The summed E-state index contributed by atoms with van der Waals surface area (Å²) < 4.78 is 70.4. The number of ether oxygens (including phenoxy) is 4. The molecule has 5 heterocycles. The van der Waals surface area contributed by atoms with Crippen LogP contribution in [0, 0.1) is 6.92 Å². The van der Waals surface area contributed by atoms with Crippen molar-refractivity contribution in [1.29, 1.82) is 0 Å². The van der Waals surface area contributed by atoms with Crippen molar-refractivity contribution in [3.05, 3.63) is 99.9 Å². The van der Waals surface area contributed by atoms with Crippen molar-refractivity contribution in [1.82, 2.24) is 19.9 Å². The molecule has 2 aromatic carbocycles. The van der Waals surface area contributed by atoms with Crippen LogP contribution in [0.1, 0.15) is 98.5 Å². The van der Waals surface area contributed by atoms with Crippen LogP contribution < -0.4 is 24.0 Å². The minimum atomic E-state index is -4.74. The smallest absolute Gasteiger partial charge is 0.418 e. The molecule has 0 saturated carbocycles. The molecule has 11 nitrogen and oxygen atoms in total. The molecule has 14 heteroatoms. The van der Waals surface area contributed by atoms with Crippen LogP contribution in [0.15, 0.2) is 65.7 Å². The van der Waals surface area contributed by atoms with Crippen LogP contribution in [0.3, 0.4) is 0 Å². The summed E-state index contributed by atoms with van der Waals surface area (Å²) in [7, 11) is 3.22. The number of halogens is 3. The van der Waals surface area contributed by atoms with E-state index in [4.69, 9.17) is 38.9 Å². The second-order valence-electron chi connectivity index (χ2n) is 17.3. The average molecular weight is 880 g/mol. The number of methoxy groups -OCH3 is 2. The summed E-state index contributed by atoms with van der Waals surface area (Å²) in [6.45, 7) is 13.1. The van der Waals surface area contributed by atoms with Gasteiger partial charge in [0.25, 0.3) is 0 Å². The minimum Gasteiger partial charge on any atom is -0.497 e. The highest BCUT2D eigenvalue weighted by Gasteiger charge is 2.45. The zero-order valence-corrected chi connectivity index (χ0v) is 37.9. The van der Waals surface area contributed by atoms with Crippen LogP contribution in [0.4, 0.5) is 24.8 Å². The number of allylic oxidation sites excluding steroid dienone is 3. The Kier molecular flexibility index (Phi) is 13.6. The lowest BCUT2D eigenvalue weighted by molar-refractivity contribution is -0.138. The maximum Gasteiger partial charge on any atom is 0.418 e. The van der Waals surface area contributed by atoms with Gasteiger partial charge in [0.1, 0.15) is 29.7 Å². The van der Waals surface area contributed by atoms with Gasteiger partial charge in [-0.1, -0.05) is 37.3 Å². The highest BCUT2D eigenvalue weighted by molar-refractivity contribution is 6.49. The first-order valence-electron chi connectivity index (χ1n) is 22.6. The Morgan fingerprint density at radius 1 is 0.891 bits per heavy atom. The molecule has 2 aromatic heterocycles. The molecule has 1 unspecified atom stereocenters. The molecule has 0 amide bonds. The topological polar surface area (TPSA) is 97.7 Å². The molecule has 4 aromatic rings. The lowest BCUT2D eigenvalue weighted by Crippen LogP contribution is -2.43. The number of alkyl halides is 3. The number of aryl methyl sites for hydroxylation is 1. The number of hydrogen-bond donors (Lipinski definition) is 0. The Balaban J connectivity index is 1.32. The van der Waals surface area contributed by atoms with E-state index >= 15 is 13.2 Å². The van der Waals surface area contributed by atoms with Gasteiger partial charge in [-0.3, -0.25) is 9.89 Å². The highest BCUT2D eigenvalue weighted by Crippen LogP contribution is 2.46. The fourth-order valence-electron chi connectivity index (χ4n) is 9.59. The Hall–Kier alpha value is -5.47. The maximum absolute atomic E-state index is 15.7. The van der Waals surface area contributed by atoms with E-state index in [-0.39, 0.29) is 34.4 Å². The third-order valence-electron chi connectivity index (χ3n) is 13.1. The molecule has 1 atom stereocenters. The van der Waals surface area contributed by atoms with E-state index in [9.17, 15) is 0 Å². The molecular weight excluding hydrogens is 820 g/mol. The first-order valence-corrected chi connectivity index (χ1v) is 22.6.